The van der Waals surface area contributed by atoms with Gasteiger partial charge < -0.3 is 14.2 Å². The number of carbonyl (C=O) groups excluding carboxylic acids is 3. The number of hydrogen-bond acceptors (Lipinski definition) is 6. The molecule has 0 spiro atoms. The zero-order chi connectivity index (χ0) is 59.9. The Kier molecular flexibility index (Phi) is 67.2. The number of esters is 3. The second kappa shape index (κ2) is 70.6. The Bertz CT molecular complexity index is 1660. The largest absolute Gasteiger partial charge is 0.462 e. The Morgan fingerprint density at radius 2 is 0.470 bits per heavy atom. The highest BCUT2D eigenvalue weighted by atomic mass is 16.6. The summed E-state index contributed by atoms with van der Waals surface area (Å²) < 4.78 is 17.0. The predicted molar refractivity (Wildman–Crippen MR) is 362 cm³/mol. The van der Waals surface area contributed by atoms with Gasteiger partial charge in [0.05, 0.1) is 0 Å². The highest BCUT2D eigenvalue weighted by molar-refractivity contribution is 5.71. The molecule has 6 heteroatoms. The van der Waals surface area contributed by atoms with Crippen molar-refractivity contribution < 1.29 is 28.6 Å². The van der Waals surface area contributed by atoms with E-state index in [9.17, 15) is 14.4 Å². The van der Waals surface area contributed by atoms with E-state index < -0.39 is 6.10 Å². The van der Waals surface area contributed by atoms with Gasteiger partial charge in [-0.2, -0.15) is 0 Å². The van der Waals surface area contributed by atoms with Gasteiger partial charge in [-0.15, -0.1) is 0 Å². The second-order valence-corrected chi connectivity index (χ2v) is 23.4. The van der Waals surface area contributed by atoms with Crippen LogP contribution in [0.25, 0.3) is 0 Å². The van der Waals surface area contributed by atoms with E-state index in [2.05, 4.69) is 130 Å². The Labute approximate surface area is 514 Å². The van der Waals surface area contributed by atoms with Crippen LogP contribution >= 0.6 is 0 Å². The van der Waals surface area contributed by atoms with Crippen molar-refractivity contribution in [3.63, 3.8) is 0 Å². The minimum Gasteiger partial charge on any atom is -0.462 e. The maximum Gasteiger partial charge on any atom is 0.306 e. The van der Waals surface area contributed by atoms with Crippen LogP contribution in [0, 0.1) is 0 Å². The molecule has 476 valence electrons. The number of allylic oxidation sites excluding steroid dienone is 18. The molecule has 1 atom stereocenters. The molecule has 0 radical (unpaired) electrons. The zero-order valence-corrected chi connectivity index (χ0v) is 54.7. The molecular weight excluding hydrogens is 1020 g/mol. The van der Waals surface area contributed by atoms with Crippen molar-refractivity contribution in [3.05, 3.63) is 109 Å². The number of carbonyl (C=O) groups is 3. The molecule has 0 bridgehead atoms. The quantitative estimate of drug-likeness (QED) is 0.0261. The van der Waals surface area contributed by atoms with Gasteiger partial charge >= 0.3 is 17.9 Å². The van der Waals surface area contributed by atoms with Crippen molar-refractivity contribution in [2.24, 2.45) is 0 Å². The van der Waals surface area contributed by atoms with Crippen molar-refractivity contribution in [1.29, 1.82) is 0 Å². The maximum atomic E-state index is 13.0. The van der Waals surface area contributed by atoms with Crippen LogP contribution < -0.4 is 0 Å². The lowest BCUT2D eigenvalue weighted by Gasteiger charge is -2.18. The van der Waals surface area contributed by atoms with Crippen LogP contribution in [0.2, 0.25) is 0 Å². The van der Waals surface area contributed by atoms with Crippen molar-refractivity contribution >= 4 is 17.9 Å². The molecule has 0 aliphatic carbocycles. The second-order valence-electron chi connectivity index (χ2n) is 23.4. The molecule has 6 nitrogen and oxygen atoms in total. The van der Waals surface area contributed by atoms with E-state index in [1.807, 2.05) is 0 Å². The Balaban J connectivity index is 4.27. The molecule has 0 N–H and O–H groups in total. The molecule has 0 aliphatic rings. The first-order chi connectivity index (χ1) is 41.0. The minimum atomic E-state index is -0.793. The summed E-state index contributed by atoms with van der Waals surface area (Å²) in [7, 11) is 0. The SMILES string of the molecule is CC/C=C\C/C=C\C/C=C\C/C=C\C/C=C\CCCCCCCCCCCCCCCC(=O)OCC(COC(=O)CCCCC/C=C\C/C=C\C/C=C\CC)OC(=O)CCCCCCCCCCCCC/C=C\CCCCCCCCCC. The molecule has 0 heterocycles. The van der Waals surface area contributed by atoms with Crippen LogP contribution in [-0.2, 0) is 28.6 Å². The van der Waals surface area contributed by atoms with Crippen LogP contribution in [0.4, 0.5) is 0 Å². The molecule has 0 aliphatic heterocycles. The summed E-state index contributed by atoms with van der Waals surface area (Å²) in [5, 5.41) is 0. The molecule has 1 unspecified atom stereocenters. The van der Waals surface area contributed by atoms with Gasteiger partial charge in [0.2, 0.25) is 0 Å². The summed E-state index contributed by atoms with van der Waals surface area (Å²) in [4.78, 5) is 38.4. The highest BCUT2D eigenvalue weighted by Gasteiger charge is 2.19. The third-order valence-electron chi connectivity index (χ3n) is 15.2. The van der Waals surface area contributed by atoms with Crippen molar-refractivity contribution in [2.45, 2.75) is 348 Å². The fraction of sp³-hybridized carbons (Fsp3) is 0.727. The first-order valence-electron chi connectivity index (χ1n) is 35.4. The van der Waals surface area contributed by atoms with E-state index in [0.717, 1.165) is 116 Å². The predicted octanol–water partition coefficient (Wildman–Crippen LogP) is 24.6. The Morgan fingerprint density at radius 3 is 0.759 bits per heavy atom. The third kappa shape index (κ3) is 68.7. The first kappa shape index (κ1) is 79.1. The van der Waals surface area contributed by atoms with Gasteiger partial charge in [0.25, 0.3) is 0 Å². The summed E-state index contributed by atoms with van der Waals surface area (Å²) in [6.07, 6.45) is 96.9. The molecule has 0 aromatic carbocycles. The van der Waals surface area contributed by atoms with Crippen LogP contribution in [0.1, 0.15) is 342 Å². The van der Waals surface area contributed by atoms with Gasteiger partial charge in [-0.25, -0.2) is 0 Å². The van der Waals surface area contributed by atoms with E-state index in [4.69, 9.17) is 14.2 Å². The molecule has 0 fully saturated rings. The van der Waals surface area contributed by atoms with Crippen molar-refractivity contribution in [3.8, 4) is 0 Å². The van der Waals surface area contributed by atoms with Crippen LogP contribution in [-0.4, -0.2) is 37.2 Å². The fourth-order valence-corrected chi connectivity index (χ4v) is 10.0. The van der Waals surface area contributed by atoms with Crippen LogP contribution in [0.15, 0.2) is 109 Å². The van der Waals surface area contributed by atoms with E-state index in [-0.39, 0.29) is 31.1 Å². The number of hydrogen-bond donors (Lipinski definition) is 0. The normalized spacial score (nSPS) is 12.8. The summed E-state index contributed by atoms with van der Waals surface area (Å²) in [6.45, 7) is 6.42. The molecule has 0 aromatic rings. The average Bonchev–Trinajstić information content (AvgIpc) is 3.49. The molecular formula is C77H132O6. The molecule has 0 aromatic heterocycles. The molecule has 83 heavy (non-hydrogen) atoms. The lowest BCUT2D eigenvalue weighted by atomic mass is 10.0. The van der Waals surface area contributed by atoms with Crippen LogP contribution in [0.3, 0.4) is 0 Å². The summed E-state index contributed by atoms with van der Waals surface area (Å²) in [5.74, 6) is -0.906. The van der Waals surface area contributed by atoms with E-state index in [0.29, 0.717) is 19.3 Å². The molecule has 0 saturated heterocycles. The summed E-state index contributed by atoms with van der Waals surface area (Å²) in [6, 6.07) is 0. The first-order valence-corrected chi connectivity index (χ1v) is 35.4. The van der Waals surface area contributed by atoms with Gasteiger partial charge in [0, 0.05) is 19.3 Å². The lowest BCUT2D eigenvalue weighted by molar-refractivity contribution is -0.167. The highest BCUT2D eigenvalue weighted by Crippen LogP contribution is 2.17. The lowest BCUT2D eigenvalue weighted by Crippen LogP contribution is -2.30. The topological polar surface area (TPSA) is 78.9 Å². The van der Waals surface area contributed by atoms with Crippen molar-refractivity contribution in [1.82, 2.24) is 0 Å². The smallest absolute Gasteiger partial charge is 0.306 e. The summed E-state index contributed by atoms with van der Waals surface area (Å²) in [5.41, 5.74) is 0. The third-order valence-corrected chi connectivity index (χ3v) is 15.2. The monoisotopic (exact) mass is 1150 g/mol. The standard InChI is InChI=1S/C77H132O6/c1-4-7-10-13-16-19-22-25-27-29-31-33-35-36-37-38-39-40-42-43-45-47-49-52-55-58-61-64-67-70-76(79)82-73-74(72-81-75(78)69-66-63-60-57-54-51-24-21-18-15-12-9-6-3)83-77(80)71-68-65-62-59-56-53-50-48-46-44-41-34-32-30-28-26-23-20-17-14-11-8-5-2/h7,9-10,12,16,18-19,21,25,27,30-33,36-37,51,54,74H,4-6,8,11,13-15,17,20,22-24,26,28-29,34-35,38-50,52-53,55-73H2,1-3H3/b10-7-,12-9-,19-16-,21-18-,27-25-,32-30-,33-31-,37-36-,54-51-. The van der Waals surface area contributed by atoms with E-state index in [1.165, 1.54) is 186 Å². The molecule has 0 rings (SSSR count). The molecule has 0 saturated carbocycles. The Hall–Kier alpha value is -3.93. The number of rotatable bonds is 64. The molecule has 0 amide bonds. The average molecular weight is 1150 g/mol. The minimum absolute atomic E-state index is 0.0869. The van der Waals surface area contributed by atoms with Gasteiger partial charge in [0.15, 0.2) is 6.10 Å². The maximum absolute atomic E-state index is 13.0. The van der Waals surface area contributed by atoms with Crippen molar-refractivity contribution in [2.75, 3.05) is 13.2 Å². The Morgan fingerprint density at radius 1 is 0.253 bits per heavy atom. The van der Waals surface area contributed by atoms with E-state index >= 15 is 0 Å². The van der Waals surface area contributed by atoms with E-state index in [1.54, 1.807) is 0 Å². The van der Waals surface area contributed by atoms with Gasteiger partial charge in [0.1, 0.15) is 13.2 Å². The number of ether oxygens (including phenoxy) is 3. The van der Waals surface area contributed by atoms with Gasteiger partial charge in [-0.1, -0.05) is 310 Å². The van der Waals surface area contributed by atoms with Gasteiger partial charge in [-0.05, 0) is 122 Å². The van der Waals surface area contributed by atoms with Crippen LogP contribution in [0.5, 0.6) is 0 Å². The number of unbranched alkanes of at least 4 members (excludes halogenated alkanes) is 35. The fourth-order valence-electron chi connectivity index (χ4n) is 10.0. The van der Waals surface area contributed by atoms with Gasteiger partial charge in [-0.3, -0.25) is 14.4 Å². The zero-order valence-electron chi connectivity index (χ0n) is 54.7. The summed E-state index contributed by atoms with van der Waals surface area (Å²) >= 11 is 0.